The zero-order valence-electron chi connectivity index (χ0n) is 9.97. The van der Waals surface area contributed by atoms with E-state index in [9.17, 15) is 0 Å². The number of nitrogens with two attached hydrogens (primary N) is 1. The fourth-order valence-corrected chi connectivity index (χ4v) is 4.41. The molecule has 0 aliphatic carbocycles. The summed E-state index contributed by atoms with van der Waals surface area (Å²) in [6, 6.07) is 14.2. The van der Waals surface area contributed by atoms with Crippen LogP contribution in [0.5, 0.6) is 0 Å². The van der Waals surface area contributed by atoms with Gasteiger partial charge in [-0.15, -0.1) is 11.3 Å². The molecule has 0 saturated carbocycles. The van der Waals surface area contributed by atoms with Crippen molar-refractivity contribution >= 4 is 54.9 Å². The number of halogens is 1. The molecule has 2 N–H and O–H groups in total. The molecule has 0 radical (unpaired) electrons. The number of para-hydroxylation sites is 1. The summed E-state index contributed by atoms with van der Waals surface area (Å²) in [4.78, 5) is 4.61. The molecule has 0 atom stereocenters. The molecule has 3 aromatic rings. The number of anilines is 1. The van der Waals surface area contributed by atoms with Gasteiger partial charge in [0.1, 0.15) is 0 Å². The molecule has 0 unspecified atom stereocenters. The first-order valence-corrected chi connectivity index (χ1v) is 8.35. The van der Waals surface area contributed by atoms with Gasteiger partial charge in [0, 0.05) is 15.9 Å². The van der Waals surface area contributed by atoms with Crippen LogP contribution < -0.4 is 5.73 Å². The van der Waals surface area contributed by atoms with Gasteiger partial charge in [-0.1, -0.05) is 36.0 Å². The Hall–Kier alpha value is -1.04. The van der Waals surface area contributed by atoms with E-state index in [2.05, 4.69) is 33.0 Å². The summed E-state index contributed by atoms with van der Waals surface area (Å²) in [5.74, 6) is 0.867. The predicted molar refractivity (Wildman–Crippen MR) is 87.7 cm³/mol. The van der Waals surface area contributed by atoms with Crippen LogP contribution in [0.25, 0.3) is 10.2 Å². The second-order valence-electron chi connectivity index (χ2n) is 4.06. The van der Waals surface area contributed by atoms with Gasteiger partial charge in [0.05, 0.1) is 10.2 Å². The molecule has 2 aromatic carbocycles. The van der Waals surface area contributed by atoms with Crippen LogP contribution in [-0.2, 0) is 5.75 Å². The van der Waals surface area contributed by atoms with Crippen molar-refractivity contribution in [3.8, 4) is 0 Å². The van der Waals surface area contributed by atoms with E-state index in [0.717, 1.165) is 25.8 Å². The molecular formula is C14H11BrN2S2. The Morgan fingerprint density at radius 3 is 2.84 bits per heavy atom. The average Bonchev–Trinajstić information content (AvgIpc) is 2.83. The summed E-state index contributed by atoms with van der Waals surface area (Å²) in [5, 5.41) is 0. The molecule has 0 amide bonds. The molecule has 0 saturated heterocycles. The zero-order valence-corrected chi connectivity index (χ0v) is 13.2. The summed E-state index contributed by atoms with van der Waals surface area (Å²) < 4.78 is 3.32. The van der Waals surface area contributed by atoms with Crippen LogP contribution in [0.1, 0.15) is 5.56 Å². The number of thiazole rings is 1. The quantitative estimate of drug-likeness (QED) is 0.537. The Balaban J connectivity index is 1.80. The number of nitrogen functional groups attached to an aromatic ring is 1. The van der Waals surface area contributed by atoms with Crippen molar-refractivity contribution in [3.05, 3.63) is 52.5 Å². The minimum absolute atomic E-state index is 0.780. The maximum Gasteiger partial charge on any atom is 0.151 e. The second-order valence-corrected chi connectivity index (χ2v) is 7.10. The second kappa shape index (κ2) is 5.53. The average molecular weight is 351 g/mol. The van der Waals surface area contributed by atoms with Crippen LogP contribution in [0.3, 0.4) is 0 Å². The highest BCUT2D eigenvalue weighted by molar-refractivity contribution is 9.10. The molecular weight excluding hydrogens is 340 g/mol. The molecule has 2 nitrogen and oxygen atoms in total. The SMILES string of the molecule is Nc1cccc(CSc2nc3ccccc3s2)c1Br. The summed E-state index contributed by atoms with van der Waals surface area (Å²) >= 11 is 7.01. The smallest absolute Gasteiger partial charge is 0.151 e. The van der Waals surface area contributed by atoms with Crippen LogP contribution in [-0.4, -0.2) is 4.98 Å². The van der Waals surface area contributed by atoms with Crippen LogP contribution in [0.4, 0.5) is 5.69 Å². The number of nitrogens with zero attached hydrogens (tertiary/aromatic N) is 1. The summed E-state index contributed by atoms with van der Waals surface area (Å²) in [6.07, 6.45) is 0. The van der Waals surface area contributed by atoms with E-state index in [1.54, 1.807) is 23.1 Å². The van der Waals surface area contributed by atoms with Crippen LogP contribution >= 0.6 is 39.0 Å². The van der Waals surface area contributed by atoms with Gasteiger partial charge in [0.2, 0.25) is 0 Å². The van der Waals surface area contributed by atoms with Crippen molar-refractivity contribution in [2.75, 3.05) is 5.73 Å². The standard InChI is InChI=1S/C14H11BrN2S2/c15-13-9(4-3-5-10(13)16)8-18-14-17-11-6-1-2-7-12(11)19-14/h1-7H,8,16H2. The Morgan fingerprint density at radius 2 is 2.00 bits per heavy atom. The maximum absolute atomic E-state index is 5.88. The molecule has 1 aromatic heterocycles. The number of rotatable bonds is 3. The summed E-state index contributed by atoms with van der Waals surface area (Å²) in [6.45, 7) is 0. The number of aromatic nitrogens is 1. The number of fused-ring (bicyclic) bond motifs is 1. The normalized spacial score (nSPS) is 11.0. The molecule has 5 heteroatoms. The third kappa shape index (κ3) is 2.78. The van der Waals surface area contributed by atoms with Gasteiger partial charge in [-0.3, -0.25) is 0 Å². The fraction of sp³-hybridized carbons (Fsp3) is 0.0714. The van der Waals surface area contributed by atoms with Crippen molar-refractivity contribution in [2.24, 2.45) is 0 Å². The topological polar surface area (TPSA) is 38.9 Å². The number of thioether (sulfide) groups is 1. The molecule has 19 heavy (non-hydrogen) atoms. The monoisotopic (exact) mass is 350 g/mol. The minimum Gasteiger partial charge on any atom is -0.398 e. The number of benzene rings is 2. The molecule has 0 aliphatic rings. The van der Waals surface area contributed by atoms with E-state index in [-0.39, 0.29) is 0 Å². The van der Waals surface area contributed by atoms with E-state index in [4.69, 9.17) is 5.73 Å². The lowest BCUT2D eigenvalue weighted by Gasteiger charge is -2.04. The molecule has 1 heterocycles. The summed E-state index contributed by atoms with van der Waals surface area (Å²) in [7, 11) is 0. The molecule has 0 fully saturated rings. The maximum atomic E-state index is 5.88. The highest BCUT2D eigenvalue weighted by Crippen LogP contribution is 2.34. The van der Waals surface area contributed by atoms with Crippen molar-refractivity contribution in [2.45, 2.75) is 10.1 Å². The minimum atomic E-state index is 0.780. The van der Waals surface area contributed by atoms with Crippen molar-refractivity contribution in [3.63, 3.8) is 0 Å². The van der Waals surface area contributed by atoms with Gasteiger partial charge in [-0.25, -0.2) is 4.98 Å². The molecule has 96 valence electrons. The Morgan fingerprint density at radius 1 is 1.16 bits per heavy atom. The Kier molecular flexibility index (Phi) is 3.77. The van der Waals surface area contributed by atoms with Gasteiger partial charge in [-0.2, -0.15) is 0 Å². The van der Waals surface area contributed by atoms with Crippen LogP contribution in [0, 0.1) is 0 Å². The van der Waals surface area contributed by atoms with Gasteiger partial charge >= 0.3 is 0 Å². The third-order valence-electron chi connectivity index (χ3n) is 2.73. The first kappa shape index (κ1) is 13.0. The predicted octanol–water partition coefficient (Wildman–Crippen LogP) is 4.93. The van der Waals surface area contributed by atoms with Crippen LogP contribution in [0.2, 0.25) is 0 Å². The molecule has 0 bridgehead atoms. The summed E-state index contributed by atoms with van der Waals surface area (Å²) in [5.41, 5.74) is 8.93. The molecule has 0 aliphatic heterocycles. The fourth-order valence-electron chi connectivity index (χ4n) is 1.76. The lowest BCUT2D eigenvalue weighted by atomic mass is 10.2. The number of hydrogen-bond donors (Lipinski definition) is 1. The number of hydrogen-bond acceptors (Lipinski definition) is 4. The van der Waals surface area contributed by atoms with Crippen molar-refractivity contribution in [1.29, 1.82) is 0 Å². The Bertz CT molecular complexity index is 691. The first-order valence-electron chi connectivity index (χ1n) is 5.75. The largest absolute Gasteiger partial charge is 0.398 e. The van der Waals surface area contributed by atoms with E-state index in [0.29, 0.717) is 0 Å². The van der Waals surface area contributed by atoms with E-state index >= 15 is 0 Å². The van der Waals surface area contributed by atoms with E-state index in [1.807, 2.05) is 30.3 Å². The molecule has 3 rings (SSSR count). The Labute approximate surface area is 128 Å². The third-order valence-corrected chi connectivity index (χ3v) is 5.93. The van der Waals surface area contributed by atoms with E-state index < -0.39 is 0 Å². The van der Waals surface area contributed by atoms with Gasteiger partial charge in [-0.05, 0) is 39.7 Å². The van der Waals surface area contributed by atoms with Gasteiger partial charge < -0.3 is 5.73 Å². The van der Waals surface area contributed by atoms with Crippen molar-refractivity contribution in [1.82, 2.24) is 4.98 Å². The van der Waals surface area contributed by atoms with Gasteiger partial charge in [0.25, 0.3) is 0 Å². The first-order chi connectivity index (χ1) is 9.24. The lowest BCUT2D eigenvalue weighted by Crippen LogP contribution is -1.90. The zero-order chi connectivity index (χ0) is 13.2. The van der Waals surface area contributed by atoms with Crippen molar-refractivity contribution < 1.29 is 0 Å². The highest BCUT2D eigenvalue weighted by Gasteiger charge is 2.07. The highest BCUT2D eigenvalue weighted by atomic mass is 79.9. The van der Waals surface area contributed by atoms with E-state index in [1.165, 1.54) is 10.3 Å². The van der Waals surface area contributed by atoms with Gasteiger partial charge in [0.15, 0.2) is 4.34 Å². The lowest BCUT2D eigenvalue weighted by molar-refractivity contribution is 1.28. The van der Waals surface area contributed by atoms with Crippen LogP contribution in [0.15, 0.2) is 51.3 Å². The molecule has 0 spiro atoms.